The van der Waals surface area contributed by atoms with Crippen LogP contribution in [0.1, 0.15) is 68.9 Å². The van der Waals surface area contributed by atoms with Gasteiger partial charge in [0.1, 0.15) is 0 Å². The van der Waals surface area contributed by atoms with Gasteiger partial charge in [-0.25, -0.2) is 0 Å². The Morgan fingerprint density at radius 1 is 1.11 bits per heavy atom. The van der Waals surface area contributed by atoms with Crippen LogP contribution in [0.3, 0.4) is 0 Å². The molecule has 1 aliphatic heterocycles. The van der Waals surface area contributed by atoms with E-state index >= 15 is 0 Å². The molecular formula is C29H37NO6. The molecule has 0 spiro atoms. The number of amides is 1. The van der Waals surface area contributed by atoms with Gasteiger partial charge in [-0.2, -0.15) is 0 Å². The molecule has 1 aliphatic carbocycles. The zero-order valence-electron chi connectivity index (χ0n) is 21.4. The first kappa shape index (κ1) is 26.0. The SMILES string of the molecule is COc1ccc(C2CN(C(=O)C(CC(=O)O)c3ccccc3)C[C@]2(C)[C@@H](C)O)cc1OC1CCCC1. The number of aliphatic hydroxyl groups is 1. The van der Waals surface area contributed by atoms with E-state index in [-0.39, 0.29) is 24.3 Å². The van der Waals surface area contributed by atoms with Gasteiger partial charge in [0, 0.05) is 24.4 Å². The van der Waals surface area contributed by atoms with Crippen molar-refractivity contribution in [2.75, 3.05) is 20.2 Å². The van der Waals surface area contributed by atoms with Crippen LogP contribution in [-0.4, -0.2) is 59.4 Å². The number of hydrogen-bond donors (Lipinski definition) is 2. The number of carboxylic acid groups (broad SMARTS) is 1. The fraction of sp³-hybridized carbons (Fsp3) is 0.517. The number of ether oxygens (including phenoxy) is 2. The van der Waals surface area contributed by atoms with Crippen molar-refractivity contribution in [1.82, 2.24) is 4.90 Å². The van der Waals surface area contributed by atoms with E-state index in [1.54, 1.807) is 31.1 Å². The van der Waals surface area contributed by atoms with Crippen LogP contribution in [-0.2, 0) is 9.59 Å². The summed E-state index contributed by atoms with van der Waals surface area (Å²) in [6.07, 6.45) is 3.57. The zero-order valence-corrected chi connectivity index (χ0v) is 21.4. The third kappa shape index (κ3) is 5.36. The summed E-state index contributed by atoms with van der Waals surface area (Å²) in [7, 11) is 1.62. The van der Waals surface area contributed by atoms with Gasteiger partial charge in [0.05, 0.1) is 31.7 Å². The van der Waals surface area contributed by atoms with E-state index in [2.05, 4.69) is 0 Å². The molecule has 1 amide bonds. The highest BCUT2D eigenvalue weighted by Crippen LogP contribution is 2.48. The van der Waals surface area contributed by atoms with Crippen molar-refractivity contribution in [3.05, 3.63) is 59.7 Å². The molecule has 1 saturated carbocycles. The van der Waals surface area contributed by atoms with Crippen molar-refractivity contribution < 1.29 is 29.3 Å². The van der Waals surface area contributed by atoms with E-state index in [4.69, 9.17) is 9.47 Å². The smallest absolute Gasteiger partial charge is 0.304 e. The Labute approximate surface area is 213 Å². The first-order valence-corrected chi connectivity index (χ1v) is 12.8. The minimum absolute atomic E-state index is 0.153. The molecule has 2 N–H and O–H groups in total. The number of carbonyl (C=O) groups excluding carboxylic acids is 1. The average Bonchev–Trinajstić information content (AvgIpc) is 3.51. The van der Waals surface area contributed by atoms with Gasteiger partial charge in [0.2, 0.25) is 5.91 Å². The summed E-state index contributed by atoms with van der Waals surface area (Å²) in [5.41, 5.74) is 1.04. The predicted octanol–water partition coefficient (Wildman–Crippen LogP) is 4.59. The minimum atomic E-state index is -1.02. The molecule has 36 heavy (non-hydrogen) atoms. The van der Waals surface area contributed by atoms with Crippen molar-refractivity contribution in [2.45, 2.75) is 70.0 Å². The van der Waals surface area contributed by atoms with Crippen LogP contribution in [0.25, 0.3) is 0 Å². The Morgan fingerprint density at radius 2 is 1.81 bits per heavy atom. The van der Waals surface area contributed by atoms with Crippen LogP contribution in [0, 0.1) is 5.41 Å². The number of hydrogen-bond acceptors (Lipinski definition) is 5. The van der Waals surface area contributed by atoms with Crippen LogP contribution in [0.15, 0.2) is 48.5 Å². The third-order valence-corrected chi connectivity index (χ3v) is 8.06. The van der Waals surface area contributed by atoms with Crippen molar-refractivity contribution in [3.8, 4) is 11.5 Å². The number of nitrogens with zero attached hydrogens (tertiary/aromatic N) is 1. The second-order valence-electron chi connectivity index (χ2n) is 10.4. The molecule has 2 unspecified atom stereocenters. The molecule has 0 radical (unpaired) electrons. The first-order valence-electron chi connectivity index (χ1n) is 12.8. The number of rotatable bonds is 9. The lowest BCUT2D eigenvalue weighted by molar-refractivity contribution is -0.142. The largest absolute Gasteiger partial charge is 0.493 e. The Kier molecular flexibility index (Phi) is 7.88. The fourth-order valence-corrected chi connectivity index (χ4v) is 5.71. The maximum absolute atomic E-state index is 13.7. The van der Waals surface area contributed by atoms with Crippen molar-refractivity contribution in [2.24, 2.45) is 5.41 Å². The van der Waals surface area contributed by atoms with Gasteiger partial charge in [-0.05, 0) is 55.9 Å². The molecular weight excluding hydrogens is 458 g/mol. The van der Waals surface area contributed by atoms with E-state index in [0.29, 0.717) is 30.2 Å². The van der Waals surface area contributed by atoms with Crippen molar-refractivity contribution in [1.29, 1.82) is 0 Å². The lowest BCUT2D eigenvalue weighted by Crippen LogP contribution is -2.39. The lowest BCUT2D eigenvalue weighted by atomic mass is 9.72. The molecule has 4 atom stereocenters. The van der Waals surface area contributed by atoms with E-state index in [1.807, 2.05) is 43.3 Å². The fourth-order valence-electron chi connectivity index (χ4n) is 5.71. The first-order chi connectivity index (χ1) is 17.2. The van der Waals surface area contributed by atoms with E-state index in [0.717, 1.165) is 31.2 Å². The molecule has 1 saturated heterocycles. The number of methoxy groups -OCH3 is 1. The van der Waals surface area contributed by atoms with E-state index in [9.17, 15) is 19.8 Å². The molecule has 194 valence electrons. The number of benzene rings is 2. The molecule has 2 aliphatic rings. The quantitative estimate of drug-likeness (QED) is 0.528. The molecule has 7 nitrogen and oxygen atoms in total. The highest BCUT2D eigenvalue weighted by atomic mass is 16.5. The summed E-state index contributed by atoms with van der Waals surface area (Å²) < 4.78 is 11.9. The Balaban J connectivity index is 1.64. The molecule has 4 rings (SSSR count). The molecule has 0 bridgehead atoms. The Hall–Kier alpha value is -3.06. The van der Waals surface area contributed by atoms with Gasteiger partial charge in [0.15, 0.2) is 11.5 Å². The second kappa shape index (κ2) is 10.9. The predicted molar refractivity (Wildman–Crippen MR) is 136 cm³/mol. The summed E-state index contributed by atoms with van der Waals surface area (Å²) in [5.74, 6) is -0.824. The zero-order chi connectivity index (χ0) is 25.9. The lowest BCUT2D eigenvalue weighted by Gasteiger charge is -2.34. The van der Waals surface area contributed by atoms with Gasteiger partial charge >= 0.3 is 5.97 Å². The molecule has 1 heterocycles. The highest BCUT2D eigenvalue weighted by Gasteiger charge is 2.49. The van der Waals surface area contributed by atoms with E-state index in [1.165, 1.54) is 0 Å². The van der Waals surface area contributed by atoms with Gasteiger partial charge in [-0.15, -0.1) is 0 Å². The summed E-state index contributed by atoms with van der Waals surface area (Å²) in [6, 6.07) is 14.9. The van der Waals surface area contributed by atoms with Crippen molar-refractivity contribution in [3.63, 3.8) is 0 Å². The third-order valence-electron chi connectivity index (χ3n) is 8.06. The number of likely N-dealkylation sites (tertiary alicyclic amines) is 1. The number of carboxylic acids is 1. The van der Waals surface area contributed by atoms with E-state index < -0.39 is 23.4 Å². The standard InChI is InChI=1S/C29H37NO6/c1-19(31)29(2)18-30(28(34)23(16-27(32)33)20-9-5-4-6-10-20)17-24(29)21-13-14-25(35-3)26(15-21)36-22-11-7-8-12-22/h4-6,9-10,13-15,19,22-24,31H,7-8,11-12,16-18H2,1-3H3,(H,32,33)/t19-,23?,24?,29-/m1/s1. The Morgan fingerprint density at radius 3 is 2.42 bits per heavy atom. The maximum atomic E-state index is 13.7. The Bertz CT molecular complexity index is 1060. The van der Waals surface area contributed by atoms with Crippen LogP contribution in [0.5, 0.6) is 11.5 Å². The molecule has 0 aromatic heterocycles. The topological polar surface area (TPSA) is 96.3 Å². The molecule has 2 aromatic rings. The summed E-state index contributed by atoms with van der Waals surface area (Å²) >= 11 is 0. The maximum Gasteiger partial charge on any atom is 0.304 e. The molecule has 7 heteroatoms. The molecule has 2 fully saturated rings. The summed E-state index contributed by atoms with van der Waals surface area (Å²) in [4.78, 5) is 27.1. The minimum Gasteiger partial charge on any atom is -0.493 e. The van der Waals surface area contributed by atoms with Gasteiger partial charge in [0.25, 0.3) is 0 Å². The van der Waals surface area contributed by atoms with Crippen molar-refractivity contribution >= 4 is 11.9 Å². The molecule has 2 aromatic carbocycles. The number of carbonyl (C=O) groups is 2. The van der Waals surface area contributed by atoms with Crippen LogP contribution < -0.4 is 9.47 Å². The number of aliphatic carboxylic acids is 1. The summed E-state index contributed by atoms with van der Waals surface area (Å²) in [6.45, 7) is 4.47. The van der Waals surface area contributed by atoms with Crippen LogP contribution in [0.2, 0.25) is 0 Å². The second-order valence-corrected chi connectivity index (χ2v) is 10.4. The van der Waals surface area contributed by atoms with Gasteiger partial charge in [-0.3, -0.25) is 9.59 Å². The average molecular weight is 496 g/mol. The monoisotopic (exact) mass is 495 g/mol. The normalized spacial score (nSPS) is 23.9. The van der Waals surface area contributed by atoms with Gasteiger partial charge < -0.3 is 24.6 Å². The van der Waals surface area contributed by atoms with Crippen LogP contribution >= 0.6 is 0 Å². The number of aliphatic hydroxyl groups excluding tert-OH is 1. The van der Waals surface area contributed by atoms with Gasteiger partial charge in [-0.1, -0.05) is 43.3 Å². The van der Waals surface area contributed by atoms with Crippen LogP contribution in [0.4, 0.5) is 0 Å². The highest BCUT2D eigenvalue weighted by molar-refractivity contribution is 5.88. The summed E-state index contributed by atoms with van der Waals surface area (Å²) in [5, 5.41) is 20.4.